The predicted octanol–water partition coefficient (Wildman–Crippen LogP) is 2.03. The van der Waals surface area contributed by atoms with Crippen molar-refractivity contribution in [2.45, 2.75) is 19.3 Å². The Morgan fingerprint density at radius 2 is 2.05 bits per heavy atom. The molecule has 0 aliphatic carbocycles. The molecule has 1 saturated heterocycles. The van der Waals surface area contributed by atoms with Crippen molar-refractivity contribution in [1.82, 2.24) is 15.0 Å². The fraction of sp³-hybridized carbons (Fsp3) is 0.375. The molecule has 2 aromatic heterocycles. The molecule has 0 atom stereocenters. The van der Waals surface area contributed by atoms with Gasteiger partial charge in [-0.05, 0) is 36.8 Å². The van der Waals surface area contributed by atoms with Crippen LogP contribution in [0.5, 0.6) is 0 Å². The van der Waals surface area contributed by atoms with Crippen LogP contribution >= 0.6 is 0 Å². The first-order valence-corrected chi connectivity index (χ1v) is 7.41. The summed E-state index contributed by atoms with van der Waals surface area (Å²) >= 11 is 0. The SMILES string of the molecule is O=C(O)c1cnc(N2CCC(Cc3cccnc3)CC2)cn1. The number of rotatable bonds is 4. The highest BCUT2D eigenvalue weighted by Crippen LogP contribution is 2.24. The van der Waals surface area contributed by atoms with Crippen molar-refractivity contribution in [3.63, 3.8) is 0 Å². The van der Waals surface area contributed by atoms with E-state index < -0.39 is 5.97 Å². The number of hydrogen-bond donors (Lipinski definition) is 1. The first kappa shape index (κ1) is 14.4. The first-order chi connectivity index (χ1) is 10.7. The van der Waals surface area contributed by atoms with Gasteiger partial charge >= 0.3 is 5.97 Å². The summed E-state index contributed by atoms with van der Waals surface area (Å²) in [6.07, 6.45) is 9.85. The van der Waals surface area contributed by atoms with Crippen molar-refractivity contribution in [3.05, 3.63) is 48.2 Å². The van der Waals surface area contributed by atoms with Crippen LogP contribution in [0.15, 0.2) is 36.9 Å². The number of carboxylic acids is 1. The maximum absolute atomic E-state index is 10.8. The molecule has 1 N–H and O–H groups in total. The van der Waals surface area contributed by atoms with E-state index in [1.54, 1.807) is 12.4 Å². The predicted molar refractivity (Wildman–Crippen MR) is 81.9 cm³/mol. The van der Waals surface area contributed by atoms with Gasteiger partial charge in [0.25, 0.3) is 0 Å². The van der Waals surface area contributed by atoms with E-state index in [1.807, 2.05) is 12.3 Å². The summed E-state index contributed by atoms with van der Waals surface area (Å²) in [6, 6.07) is 4.10. The fourth-order valence-corrected chi connectivity index (χ4v) is 2.81. The minimum absolute atomic E-state index is 0.0183. The summed E-state index contributed by atoms with van der Waals surface area (Å²) in [5.74, 6) is 0.366. The Bertz CT molecular complexity index is 622. The molecule has 0 spiro atoms. The van der Waals surface area contributed by atoms with Crippen LogP contribution in [0.4, 0.5) is 5.82 Å². The van der Waals surface area contributed by atoms with E-state index in [1.165, 1.54) is 11.8 Å². The van der Waals surface area contributed by atoms with Crippen LogP contribution in [0.25, 0.3) is 0 Å². The van der Waals surface area contributed by atoms with Crippen LogP contribution in [0.1, 0.15) is 28.9 Å². The lowest BCUT2D eigenvalue weighted by molar-refractivity contribution is 0.0690. The molecule has 6 nitrogen and oxygen atoms in total. The maximum atomic E-state index is 10.8. The Balaban J connectivity index is 1.56. The summed E-state index contributed by atoms with van der Waals surface area (Å²) in [4.78, 5) is 25.2. The van der Waals surface area contributed by atoms with Gasteiger partial charge in [-0.15, -0.1) is 0 Å². The van der Waals surface area contributed by atoms with E-state index in [2.05, 4.69) is 25.9 Å². The van der Waals surface area contributed by atoms with Gasteiger partial charge in [0.15, 0.2) is 5.69 Å². The summed E-state index contributed by atoms with van der Waals surface area (Å²) in [5.41, 5.74) is 1.27. The fourth-order valence-electron chi connectivity index (χ4n) is 2.81. The number of carbonyl (C=O) groups is 1. The van der Waals surface area contributed by atoms with Crippen LogP contribution in [0, 0.1) is 5.92 Å². The van der Waals surface area contributed by atoms with E-state index >= 15 is 0 Å². The second kappa shape index (κ2) is 6.51. The number of aromatic nitrogens is 3. The second-order valence-electron chi connectivity index (χ2n) is 5.56. The minimum Gasteiger partial charge on any atom is -0.476 e. The molecule has 2 aromatic rings. The molecule has 1 fully saturated rings. The average molecular weight is 298 g/mol. The Morgan fingerprint density at radius 3 is 2.64 bits per heavy atom. The highest BCUT2D eigenvalue weighted by atomic mass is 16.4. The lowest BCUT2D eigenvalue weighted by Crippen LogP contribution is -2.35. The molecule has 6 heteroatoms. The third-order valence-corrected chi connectivity index (χ3v) is 4.04. The van der Waals surface area contributed by atoms with Gasteiger partial charge in [-0.3, -0.25) is 4.98 Å². The zero-order valence-electron chi connectivity index (χ0n) is 12.2. The zero-order chi connectivity index (χ0) is 15.4. The summed E-state index contributed by atoms with van der Waals surface area (Å²) < 4.78 is 0. The molecule has 0 aromatic carbocycles. The summed E-state index contributed by atoms with van der Waals surface area (Å²) in [7, 11) is 0. The van der Waals surface area contributed by atoms with Gasteiger partial charge in [-0.2, -0.15) is 0 Å². The average Bonchev–Trinajstić information content (AvgIpc) is 2.57. The number of carboxylic acid groups (broad SMARTS) is 1. The minimum atomic E-state index is -1.05. The first-order valence-electron chi connectivity index (χ1n) is 7.41. The van der Waals surface area contributed by atoms with E-state index in [0.29, 0.717) is 5.92 Å². The standard InChI is InChI=1S/C16H18N4O2/c21-16(22)14-10-19-15(11-18-14)20-6-3-12(4-7-20)8-13-2-1-5-17-9-13/h1-2,5,9-12H,3-4,6-8H2,(H,21,22). The maximum Gasteiger partial charge on any atom is 0.356 e. The molecule has 0 bridgehead atoms. The normalized spacial score (nSPS) is 15.7. The number of aromatic carboxylic acids is 1. The highest BCUT2D eigenvalue weighted by Gasteiger charge is 2.21. The van der Waals surface area contributed by atoms with Crippen molar-refractivity contribution >= 4 is 11.8 Å². The van der Waals surface area contributed by atoms with E-state index in [9.17, 15) is 4.79 Å². The monoisotopic (exact) mass is 298 g/mol. The lowest BCUT2D eigenvalue weighted by atomic mass is 9.91. The highest BCUT2D eigenvalue weighted by molar-refractivity contribution is 5.84. The molecule has 0 radical (unpaired) electrons. The second-order valence-corrected chi connectivity index (χ2v) is 5.56. The third-order valence-electron chi connectivity index (χ3n) is 4.04. The van der Waals surface area contributed by atoms with Crippen LogP contribution in [-0.4, -0.2) is 39.1 Å². The van der Waals surface area contributed by atoms with Gasteiger partial charge in [0.05, 0.1) is 12.4 Å². The summed E-state index contributed by atoms with van der Waals surface area (Å²) in [6.45, 7) is 1.85. The molecule has 1 aliphatic rings. The van der Waals surface area contributed by atoms with Gasteiger partial charge in [-0.1, -0.05) is 6.07 Å². The van der Waals surface area contributed by atoms with E-state index in [-0.39, 0.29) is 5.69 Å². The van der Waals surface area contributed by atoms with Crippen molar-refractivity contribution in [2.75, 3.05) is 18.0 Å². The van der Waals surface area contributed by atoms with Crippen LogP contribution < -0.4 is 4.90 Å². The number of nitrogens with zero attached hydrogens (tertiary/aromatic N) is 4. The van der Waals surface area contributed by atoms with Gasteiger partial charge in [-0.25, -0.2) is 14.8 Å². The van der Waals surface area contributed by atoms with Gasteiger partial charge in [0.1, 0.15) is 5.82 Å². The molecular weight excluding hydrogens is 280 g/mol. The van der Waals surface area contributed by atoms with Crippen molar-refractivity contribution in [1.29, 1.82) is 0 Å². The van der Waals surface area contributed by atoms with E-state index in [0.717, 1.165) is 38.2 Å². The van der Waals surface area contributed by atoms with E-state index in [4.69, 9.17) is 5.11 Å². The Labute approximate surface area is 128 Å². The Kier molecular flexibility index (Phi) is 4.27. The molecule has 0 saturated carbocycles. The van der Waals surface area contributed by atoms with Gasteiger partial charge < -0.3 is 10.0 Å². The molecule has 3 heterocycles. The summed E-state index contributed by atoms with van der Waals surface area (Å²) in [5, 5.41) is 8.84. The number of hydrogen-bond acceptors (Lipinski definition) is 5. The third kappa shape index (κ3) is 3.39. The van der Waals surface area contributed by atoms with Crippen molar-refractivity contribution < 1.29 is 9.90 Å². The molecule has 114 valence electrons. The Hall–Kier alpha value is -2.50. The quantitative estimate of drug-likeness (QED) is 0.930. The molecule has 3 rings (SSSR count). The topological polar surface area (TPSA) is 79.2 Å². The molecule has 0 unspecified atom stereocenters. The smallest absolute Gasteiger partial charge is 0.356 e. The lowest BCUT2D eigenvalue weighted by Gasteiger charge is -2.32. The number of pyridine rings is 1. The zero-order valence-corrected chi connectivity index (χ0v) is 12.2. The van der Waals surface area contributed by atoms with Gasteiger partial charge in [0.2, 0.25) is 0 Å². The molecule has 1 aliphatic heterocycles. The number of anilines is 1. The van der Waals surface area contributed by atoms with Crippen molar-refractivity contribution in [2.24, 2.45) is 5.92 Å². The van der Waals surface area contributed by atoms with Crippen molar-refractivity contribution in [3.8, 4) is 0 Å². The molecule has 0 amide bonds. The number of piperidine rings is 1. The molecular formula is C16H18N4O2. The van der Waals surface area contributed by atoms with Crippen LogP contribution in [-0.2, 0) is 6.42 Å². The van der Waals surface area contributed by atoms with Gasteiger partial charge in [0, 0.05) is 25.5 Å². The van der Waals surface area contributed by atoms with Crippen LogP contribution in [0.3, 0.4) is 0 Å². The molecule has 22 heavy (non-hydrogen) atoms. The Morgan fingerprint density at radius 1 is 1.23 bits per heavy atom. The largest absolute Gasteiger partial charge is 0.476 e. The van der Waals surface area contributed by atoms with Crippen LogP contribution in [0.2, 0.25) is 0 Å².